The monoisotopic (exact) mass is 273 g/mol. The lowest BCUT2D eigenvalue weighted by Gasteiger charge is -2.09. The molecular weight excluding hydrogens is 254 g/mol. The Morgan fingerprint density at radius 1 is 1.30 bits per heavy atom. The third-order valence-corrected chi connectivity index (χ3v) is 3.66. The van der Waals surface area contributed by atoms with Crippen molar-refractivity contribution in [2.75, 3.05) is 14.2 Å². The molecule has 1 heterocycles. The number of oxazole rings is 1. The van der Waals surface area contributed by atoms with Crippen molar-refractivity contribution in [2.45, 2.75) is 25.9 Å². The van der Waals surface area contributed by atoms with E-state index in [9.17, 15) is 0 Å². The molecular formula is C16H19NO3. The molecule has 4 nitrogen and oxygen atoms in total. The van der Waals surface area contributed by atoms with E-state index in [4.69, 9.17) is 13.9 Å². The summed E-state index contributed by atoms with van der Waals surface area (Å²) < 4.78 is 16.2. The molecule has 3 rings (SSSR count). The molecule has 4 heteroatoms. The number of hydrogen-bond acceptors (Lipinski definition) is 4. The average Bonchev–Trinajstić information content (AvgIpc) is 3.15. The third kappa shape index (κ3) is 2.70. The predicted octanol–water partition coefficient (Wildman–Crippen LogP) is 3.45. The number of aromatic nitrogens is 1. The molecule has 0 spiro atoms. The van der Waals surface area contributed by atoms with E-state index >= 15 is 0 Å². The van der Waals surface area contributed by atoms with E-state index in [2.05, 4.69) is 11.1 Å². The summed E-state index contributed by atoms with van der Waals surface area (Å²) in [6.45, 7) is 0.517. The molecule has 0 atom stereocenters. The summed E-state index contributed by atoms with van der Waals surface area (Å²) in [4.78, 5) is 4.36. The van der Waals surface area contributed by atoms with Crippen LogP contribution in [0.25, 0.3) is 11.3 Å². The van der Waals surface area contributed by atoms with Gasteiger partial charge in [0.25, 0.3) is 0 Å². The summed E-state index contributed by atoms with van der Waals surface area (Å²) in [5.41, 5.74) is 3.10. The summed E-state index contributed by atoms with van der Waals surface area (Å²) in [5.74, 6) is 2.49. The van der Waals surface area contributed by atoms with Crippen molar-refractivity contribution < 1.29 is 13.9 Å². The van der Waals surface area contributed by atoms with Gasteiger partial charge in [0, 0.05) is 18.2 Å². The van der Waals surface area contributed by atoms with Crippen LogP contribution < -0.4 is 4.74 Å². The largest absolute Gasteiger partial charge is 0.496 e. The highest BCUT2D eigenvalue weighted by Gasteiger charge is 2.25. The molecule has 0 amide bonds. The Balaban J connectivity index is 1.92. The van der Waals surface area contributed by atoms with Gasteiger partial charge in [0.1, 0.15) is 5.75 Å². The van der Waals surface area contributed by atoms with Crippen LogP contribution in [0, 0.1) is 5.92 Å². The Morgan fingerprint density at radius 3 is 2.85 bits per heavy atom. The number of nitrogens with zero attached hydrogens (tertiary/aromatic N) is 1. The number of methoxy groups -OCH3 is 2. The molecule has 0 saturated heterocycles. The van der Waals surface area contributed by atoms with Crippen LogP contribution in [0.2, 0.25) is 0 Å². The van der Waals surface area contributed by atoms with Crippen LogP contribution in [0.4, 0.5) is 0 Å². The minimum absolute atomic E-state index is 0.517. The lowest BCUT2D eigenvalue weighted by Crippen LogP contribution is -1.96. The fourth-order valence-electron chi connectivity index (χ4n) is 2.43. The van der Waals surface area contributed by atoms with Crippen molar-refractivity contribution in [3.8, 4) is 17.1 Å². The number of benzene rings is 1. The highest BCUT2D eigenvalue weighted by atomic mass is 16.5. The van der Waals surface area contributed by atoms with Crippen LogP contribution in [-0.2, 0) is 17.8 Å². The van der Waals surface area contributed by atoms with Crippen LogP contribution in [0.5, 0.6) is 5.75 Å². The topological polar surface area (TPSA) is 44.5 Å². The lowest BCUT2D eigenvalue weighted by atomic mass is 10.0. The summed E-state index contributed by atoms with van der Waals surface area (Å²) in [6, 6.07) is 6.02. The van der Waals surface area contributed by atoms with E-state index in [-0.39, 0.29) is 0 Å². The van der Waals surface area contributed by atoms with Gasteiger partial charge in [-0.1, -0.05) is 0 Å². The summed E-state index contributed by atoms with van der Waals surface area (Å²) in [5, 5.41) is 0. The summed E-state index contributed by atoms with van der Waals surface area (Å²) in [7, 11) is 3.35. The van der Waals surface area contributed by atoms with Gasteiger partial charge in [-0.25, -0.2) is 4.98 Å². The normalized spacial score (nSPS) is 14.5. The van der Waals surface area contributed by atoms with Crippen LogP contribution in [0.15, 0.2) is 29.0 Å². The second-order valence-corrected chi connectivity index (χ2v) is 5.24. The van der Waals surface area contributed by atoms with Crippen LogP contribution >= 0.6 is 0 Å². The van der Waals surface area contributed by atoms with Crippen molar-refractivity contribution in [1.82, 2.24) is 4.98 Å². The van der Waals surface area contributed by atoms with Gasteiger partial charge in [-0.05, 0) is 43.4 Å². The number of ether oxygens (including phenoxy) is 2. The van der Waals surface area contributed by atoms with Gasteiger partial charge in [0.05, 0.1) is 19.4 Å². The molecule has 0 aliphatic heterocycles. The molecule has 0 bridgehead atoms. The molecule has 106 valence electrons. The molecule has 1 aliphatic rings. The fraction of sp³-hybridized carbons (Fsp3) is 0.438. The first-order chi connectivity index (χ1) is 9.81. The van der Waals surface area contributed by atoms with Gasteiger partial charge in [0.15, 0.2) is 12.2 Å². The van der Waals surface area contributed by atoms with Crippen molar-refractivity contribution in [2.24, 2.45) is 5.92 Å². The highest BCUT2D eigenvalue weighted by Crippen LogP contribution is 2.36. The van der Waals surface area contributed by atoms with Gasteiger partial charge in [-0.3, -0.25) is 0 Å². The Morgan fingerprint density at radius 2 is 2.15 bits per heavy atom. The second-order valence-electron chi connectivity index (χ2n) is 5.24. The van der Waals surface area contributed by atoms with Gasteiger partial charge >= 0.3 is 0 Å². The van der Waals surface area contributed by atoms with E-state index in [0.29, 0.717) is 6.61 Å². The van der Waals surface area contributed by atoms with Gasteiger partial charge in [-0.15, -0.1) is 0 Å². The van der Waals surface area contributed by atoms with Crippen molar-refractivity contribution in [3.63, 3.8) is 0 Å². The first kappa shape index (κ1) is 13.2. The van der Waals surface area contributed by atoms with E-state index in [1.54, 1.807) is 14.2 Å². The highest BCUT2D eigenvalue weighted by molar-refractivity contribution is 5.62. The van der Waals surface area contributed by atoms with E-state index in [0.717, 1.165) is 40.7 Å². The Labute approximate surface area is 118 Å². The zero-order chi connectivity index (χ0) is 13.9. The van der Waals surface area contributed by atoms with Crippen LogP contribution in [0.1, 0.15) is 24.1 Å². The van der Waals surface area contributed by atoms with Gasteiger partial charge in [0.2, 0.25) is 0 Å². The molecule has 0 unspecified atom stereocenters. The maximum atomic E-state index is 5.59. The lowest BCUT2D eigenvalue weighted by molar-refractivity contribution is 0.181. The van der Waals surface area contributed by atoms with Crippen molar-refractivity contribution in [1.29, 1.82) is 0 Å². The first-order valence-electron chi connectivity index (χ1n) is 6.90. The smallest absolute Gasteiger partial charge is 0.181 e. The second kappa shape index (κ2) is 5.67. The Hall–Kier alpha value is -1.81. The summed E-state index contributed by atoms with van der Waals surface area (Å²) >= 11 is 0. The van der Waals surface area contributed by atoms with E-state index in [1.165, 1.54) is 19.2 Å². The zero-order valence-corrected chi connectivity index (χ0v) is 11.9. The maximum absolute atomic E-state index is 5.59. The average molecular weight is 273 g/mol. The molecule has 1 saturated carbocycles. The quantitative estimate of drug-likeness (QED) is 0.808. The minimum atomic E-state index is 0.517. The van der Waals surface area contributed by atoms with Gasteiger partial charge < -0.3 is 13.9 Å². The Kier molecular flexibility index (Phi) is 3.74. The first-order valence-corrected chi connectivity index (χ1v) is 6.90. The van der Waals surface area contributed by atoms with Crippen molar-refractivity contribution >= 4 is 0 Å². The van der Waals surface area contributed by atoms with Crippen LogP contribution in [0.3, 0.4) is 0 Å². The molecule has 1 aromatic carbocycles. The number of rotatable bonds is 6. The predicted molar refractivity (Wildman–Crippen MR) is 75.6 cm³/mol. The third-order valence-electron chi connectivity index (χ3n) is 3.66. The molecule has 1 fully saturated rings. The summed E-state index contributed by atoms with van der Waals surface area (Å²) in [6.07, 6.45) is 5.17. The van der Waals surface area contributed by atoms with Crippen LogP contribution in [-0.4, -0.2) is 19.2 Å². The number of hydrogen-bond donors (Lipinski definition) is 0. The molecule has 0 radical (unpaired) electrons. The molecule has 20 heavy (non-hydrogen) atoms. The molecule has 0 N–H and O–H groups in total. The SMILES string of the molecule is COCc1cc(-c2ocnc2CC2CC2)ccc1OC. The molecule has 2 aromatic rings. The van der Waals surface area contributed by atoms with Gasteiger partial charge in [-0.2, -0.15) is 0 Å². The Bertz CT molecular complexity index is 587. The van der Waals surface area contributed by atoms with E-state index in [1.807, 2.05) is 12.1 Å². The molecule has 1 aliphatic carbocycles. The van der Waals surface area contributed by atoms with Crippen molar-refractivity contribution in [3.05, 3.63) is 35.9 Å². The fourth-order valence-corrected chi connectivity index (χ4v) is 2.43. The maximum Gasteiger partial charge on any atom is 0.181 e. The zero-order valence-electron chi connectivity index (χ0n) is 11.9. The molecule has 1 aromatic heterocycles. The minimum Gasteiger partial charge on any atom is -0.496 e. The standard InChI is InChI=1S/C16H19NO3/c1-18-9-13-8-12(5-6-15(13)19-2)16-14(17-10-20-16)7-11-3-4-11/h5-6,8,10-11H,3-4,7,9H2,1-2H3. The van der Waals surface area contributed by atoms with E-state index < -0.39 is 0 Å².